The normalized spacial score (nSPS) is 17.4. The van der Waals surface area contributed by atoms with Crippen LogP contribution in [0.4, 0.5) is 5.13 Å². The van der Waals surface area contributed by atoms with Crippen LogP contribution in [0.2, 0.25) is 0 Å². The van der Waals surface area contributed by atoms with E-state index in [9.17, 15) is 0 Å². The van der Waals surface area contributed by atoms with Crippen molar-refractivity contribution >= 4 is 16.5 Å². The van der Waals surface area contributed by atoms with Gasteiger partial charge in [0.15, 0.2) is 5.13 Å². The van der Waals surface area contributed by atoms with Gasteiger partial charge in [0.2, 0.25) is 0 Å². The number of nitrogens with zero attached hydrogens (tertiary/aromatic N) is 2. The van der Waals surface area contributed by atoms with Crippen molar-refractivity contribution in [2.45, 2.75) is 31.8 Å². The number of nitrogens with two attached hydrogens (primary N) is 1. The minimum absolute atomic E-state index is 0.0217. The Morgan fingerprint density at radius 3 is 2.94 bits per heavy atom. The predicted octanol–water partition coefficient (Wildman–Crippen LogP) is 1.78. The van der Waals surface area contributed by atoms with Gasteiger partial charge in [-0.05, 0) is 19.8 Å². The molecular weight excluding hydrogens is 222 g/mol. The number of ether oxygens (including phenoxy) is 1. The summed E-state index contributed by atoms with van der Waals surface area (Å²) in [6, 6.07) is 0.690. The molecule has 2 rings (SSSR count). The lowest BCUT2D eigenvalue weighted by Gasteiger charge is -2.20. The fourth-order valence-corrected chi connectivity index (χ4v) is 2.65. The van der Waals surface area contributed by atoms with Gasteiger partial charge in [-0.3, -0.25) is 0 Å². The number of hydrogen-bond donors (Lipinski definition) is 1. The quantitative estimate of drug-likeness (QED) is 0.825. The molecule has 2 N–H and O–H groups in total. The zero-order chi connectivity index (χ0) is 11.5. The van der Waals surface area contributed by atoms with Crippen LogP contribution >= 0.6 is 11.3 Å². The van der Waals surface area contributed by atoms with Gasteiger partial charge in [-0.15, -0.1) is 11.3 Å². The third-order valence-corrected chi connectivity index (χ3v) is 3.64. The molecular formula is C11H19N3OS. The summed E-state index contributed by atoms with van der Waals surface area (Å²) in [5.74, 6) is 0. The molecule has 4 nitrogen and oxygen atoms in total. The largest absolute Gasteiger partial charge is 0.383 e. The molecule has 1 aromatic heterocycles. The van der Waals surface area contributed by atoms with Gasteiger partial charge in [0.25, 0.3) is 0 Å². The maximum Gasteiger partial charge on any atom is 0.185 e. The molecule has 1 aliphatic rings. The van der Waals surface area contributed by atoms with E-state index in [1.54, 1.807) is 18.4 Å². The lowest BCUT2D eigenvalue weighted by atomic mass is 10.3. The first-order valence-corrected chi connectivity index (χ1v) is 6.57. The highest BCUT2D eigenvalue weighted by Crippen LogP contribution is 2.33. The fourth-order valence-electron chi connectivity index (χ4n) is 1.63. The Bertz CT molecular complexity index is 336. The minimum atomic E-state index is 0.0217. The summed E-state index contributed by atoms with van der Waals surface area (Å²) in [6.45, 7) is 3.64. The molecule has 0 radical (unpaired) electrons. The summed E-state index contributed by atoms with van der Waals surface area (Å²) in [6.07, 6.45) is 2.55. The van der Waals surface area contributed by atoms with E-state index in [0.29, 0.717) is 6.04 Å². The predicted molar refractivity (Wildman–Crippen MR) is 67.0 cm³/mol. The SMILES string of the molecule is COCCN(c1nc(C(C)N)cs1)C1CC1. The van der Waals surface area contributed by atoms with Crippen LogP contribution in [0.5, 0.6) is 0 Å². The Kier molecular flexibility index (Phi) is 3.78. The van der Waals surface area contributed by atoms with E-state index < -0.39 is 0 Å². The third-order valence-electron chi connectivity index (χ3n) is 2.75. The van der Waals surface area contributed by atoms with Crippen LogP contribution in [-0.2, 0) is 4.74 Å². The molecule has 0 amide bonds. The van der Waals surface area contributed by atoms with Crippen LogP contribution in [0.25, 0.3) is 0 Å². The van der Waals surface area contributed by atoms with E-state index in [-0.39, 0.29) is 6.04 Å². The van der Waals surface area contributed by atoms with Crippen LogP contribution in [0, 0.1) is 0 Å². The van der Waals surface area contributed by atoms with Crippen molar-refractivity contribution in [3.8, 4) is 0 Å². The maximum absolute atomic E-state index is 5.82. The van der Waals surface area contributed by atoms with Crippen molar-refractivity contribution in [2.24, 2.45) is 5.73 Å². The average Bonchev–Trinajstić information content (AvgIpc) is 2.96. The molecule has 90 valence electrons. The molecule has 1 fully saturated rings. The second kappa shape index (κ2) is 5.12. The molecule has 1 unspecified atom stereocenters. The molecule has 1 aromatic rings. The standard InChI is InChI=1S/C11H19N3OS/c1-8(12)10-7-16-11(13-10)14(5-6-15-2)9-3-4-9/h7-9H,3-6,12H2,1-2H3. The number of anilines is 1. The first-order chi connectivity index (χ1) is 7.72. The number of rotatable bonds is 6. The molecule has 0 bridgehead atoms. The van der Waals surface area contributed by atoms with E-state index in [0.717, 1.165) is 24.0 Å². The van der Waals surface area contributed by atoms with Crippen molar-refractivity contribution < 1.29 is 4.74 Å². The Labute approximate surface area is 100 Å². The Hall–Kier alpha value is -0.650. The molecule has 0 aliphatic heterocycles. The Morgan fingerprint density at radius 1 is 1.69 bits per heavy atom. The van der Waals surface area contributed by atoms with E-state index >= 15 is 0 Å². The van der Waals surface area contributed by atoms with Gasteiger partial charge in [-0.25, -0.2) is 4.98 Å². The van der Waals surface area contributed by atoms with E-state index in [1.165, 1.54) is 12.8 Å². The summed E-state index contributed by atoms with van der Waals surface area (Å²) in [7, 11) is 1.74. The van der Waals surface area contributed by atoms with Gasteiger partial charge in [0.1, 0.15) is 0 Å². The summed E-state index contributed by atoms with van der Waals surface area (Å²) in [5, 5.41) is 3.15. The Morgan fingerprint density at radius 2 is 2.44 bits per heavy atom. The van der Waals surface area contributed by atoms with Crippen molar-refractivity contribution in [2.75, 3.05) is 25.2 Å². The van der Waals surface area contributed by atoms with Crippen molar-refractivity contribution in [1.82, 2.24) is 4.98 Å². The van der Waals surface area contributed by atoms with E-state index in [4.69, 9.17) is 10.5 Å². The molecule has 16 heavy (non-hydrogen) atoms. The molecule has 1 aliphatic carbocycles. The molecule has 1 atom stereocenters. The maximum atomic E-state index is 5.82. The first-order valence-electron chi connectivity index (χ1n) is 5.69. The summed E-state index contributed by atoms with van der Waals surface area (Å²) in [4.78, 5) is 6.94. The molecule has 1 heterocycles. The lowest BCUT2D eigenvalue weighted by molar-refractivity contribution is 0.205. The van der Waals surface area contributed by atoms with E-state index in [2.05, 4.69) is 15.3 Å². The highest BCUT2D eigenvalue weighted by molar-refractivity contribution is 7.13. The summed E-state index contributed by atoms with van der Waals surface area (Å²) in [5.41, 5.74) is 6.81. The van der Waals surface area contributed by atoms with Gasteiger partial charge in [-0.1, -0.05) is 0 Å². The van der Waals surface area contributed by atoms with Crippen molar-refractivity contribution in [1.29, 1.82) is 0 Å². The molecule has 1 saturated carbocycles. The fraction of sp³-hybridized carbons (Fsp3) is 0.727. The van der Waals surface area contributed by atoms with Crippen LogP contribution in [-0.4, -0.2) is 31.3 Å². The molecule has 0 aromatic carbocycles. The van der Waals surface area contributed by atoms with Gasteiger partial charge in [-0.2, -0.15) is 0 Å². The van der Waals surface area contributed by atoms with Gasteiger partial charge in [0.05, 0.1) is 12.3 Å². The van der Waals surface area contributed by atoms with Crippen LogP contribution < -0.4 is 10.6 Å². The average molecular weight is 241 g/mol. The Balaban J connectivity index is 2.05. The molecule has 0 spiro atoms. The summed E-state index contributed by atoms with van der Waals surface area (Å²) >= 11 is 1.68. The van der Waals surface area contributed by atoms with Crippen molar-refractivity contribution in [3.05, 3.63) is 11.1 Å². The van der Waals surface area contributed by atoms with Crippen molar-refractivity contribution in [3.63, 3.8) is 0 Å². The topological polar surface area (TPSA) is 51.4 Å². The second-order valence-corrected chi connectivity index (χ2v) is 5.10. The summed E-state index contributed by atoms with van der Waals surface area (Å²) < 4.78 is 5.14. The van der Waals surface area contributed by atoms with Crippen LogP contribution in [0.3, 0.4) is 0 Å². The van der Waals surface area contributed by atoms with Crippen LogP contribution in [0.15, 0.2) is 5.38 Å². The molecule has 5 heteroatoms. The van der Waals surface area contributed by atoms with Gasteiger partial charge >= 0.3 is 0 Å². The number of methoxy groups -OCH3 is 1. The number of thiazole rings is 1. The highest BCUT2D eigenvalue weighted by atomic mass is 32.1. The van der Waals surface area contributed by atoms with Crippen LogP contribution in [0.1, 0.15) is 31.5 Å². The minimum Gasteiger partial charge on any atom is -0.383 e. The second-order valence-electron chi connectivity index (χ2n) is 4.26. The number of aromatic nitrogens is 1. The number of hydrogen-bond acceptors (Lipinski definition) is 5. The zero-order valence-corrected chi connectivity index (χ0v) is 10.7. The molecule has 0 saturated heterocycles. The zero-order valence-electron chi connectivity index (χ0n) is 9.85. The van der Waals surface area contributed by atoms with E-state index in [1.807, 2.05) is 6.92 Å². The first kappa shape index (κ1) is 11.8. The van der Waals surface area contributed by atoms with Gasteiger partial charge in [0, 0.05) is 31.1 Å². The highest BCUT2D eigenvalue weighted by Gasteiger charge is 2.30. The van der Waals surface area contributed by atoms with Gasteiger partial charge < -0.3 is 15.4 Å². The third kappa shape index (κ3) is 2.72. The lowest BCUT2D eigenvalue weighted by Crippen LogP contribution is -2.29. The monoisotopic (exact) mass is 241 g/mol. The smallest absolute Gasteiger partial charge is 0.185 e.